The van der Waals surface area contributed by atoms with Crippen molar-refractivity contribution < 1.29 is 19.1 Å². The number of aliphatic hydroxyl groups excluding tert-OH is 1. The molecule has 2 N–H and O–H groups in total. The fourth-order valence-electron chi connectivity index (χ4n) is 2.34. The van der Waals surface area contributed by atoms with E-state index in [9.17, 15) is 9.90 Å². The smallest absolute Gasteiger partial charge is 0.322 e. The molecule has 0 spiro atoms. The Hall–Kier alpha value is -1.51. The van der Waals surface area contributed by atoms with Gasteiger partial charge in [-0.15, -0.1) is 5.10 Å². The molecule has 0 bridgehead atoms. The topological polar surface area (TPSA) is 101 Å². The number of aryl methyl sites for hydroxylation is 1. The minimum atomic E-state index is -0.396. The third-order valence-corrected chi connectivity index (χ3v) is 2.90. The molecule has 1 aliphatic rings. The average Bonchev–Trinajstić information content (AvgIpc) is 2.72. The second kappa shape index (κ2) is 5.86. The highest BCUT2D eigenvalue weighted by Crippen LogP contribution is 2.20. The zero-order valence-corrected chi connectivity index (χ0v) is 11.9. The molecule has 0 aromatic carbocycles. The average molecular weight is 284 g/mol. The van der Waals surface area contributed by atoms with Gasteiger partial charge in [0.1, 0.15) is 0 Å². The number of anilines is 1. The van der Waals surface area contributed by atoms with Gasteiger partial charge in [-0.25, -0.2) is 0 Å². The monoisotopic (exact) mass is 284 g/mol. The second-order valence-corrected chi connectivity index (χ2v) is 5.53. The first-order valence-electron chi connectivity index (χ1n) is 6.49. The molecule has 1 aromatic heterocycles. The number of aromatic nitrogens is 2. The molecular formula is C12H20N4O4. The molecule has 1 saturated heterocycles. The number of ether oxygens (including phenoxy) is 1. The first-order valence-corrected chi connectivity index (χ1v) is 6.49. The number of aliphatic hydroxyl groups is 1. The number of hydrogen-bond donors (Lipinski definition) is 2. The minimum Gasteiger partial charge on any atom is -0.408 e. The van der Waals surface area contributed by atoms with E-state index in [1.54, 1.807) is 6.92 Å². The van der Waals surface area contributed by atoms with E-state index in [0.29, 0.717) is 19.0 Å². The number of nitrogens with zero attached hydrogens (tertiary/aromatic N) is 3. The normalized spacial score (nSPS) is 22.7. The van der Waals surface area contributed by atoms with E-state index in [0.717, 1.165) is 0 Å². The van der Waals surface area contributed by atoms with Crippen LogP contribution in [0.1, 0.15) is 19.7 Å². The molecule has 1 atom stereocenters. The number of rotatable bonds is 4. The second-order valence-electron chi connectivity index (χ2n) is 5.53. The Labute approximate surface area is 117 Å². The van der Waals surface area contributed by atoms with Crippen LogP contribution < -0.4 is 5.32 Å². The number of hydrogen-bond acceptors (Lipinski definition) is 7. The summed E-state index contributed by atoms with van der Waals surface area (Å²) < 4.78 is 10.8. The maximum atomic E-state index is 11.9. The zero-order chi connectivity index (χ0) is 14.8. The van der Waals surface area contributed by atoms with E-state index in [1.807, 2.05) is 18.7 Å². The summed E-state index contributed by atoms with van der Waals surface area (Å²) in [7, 11) is 0. The third-order valence-electron chi connectivity index (χ3n) is 2.90. The van der Waals surface area contributed by atoms with E-state index in [1.165, 1.54) is 0 Å². The molecule has 0 aliphatic carbocycles. The summed E-state index contributed by atoms with van der Waals surface area (Å²) in [5.41, 5.74) is -0.396. The molecule has 2 heterocycles. The van der Waals surface area contributed by atoms with Crippen LogP contribution in [0.4, 0.5) is 6.01 Å². The van der Waals surface area contributed by atoms with Crippen molar-refractivity contribution in [3.05, 3.63) is 5.89 Å². The quantitative estimate of drug-likeness (QED) is 0.788. The number of nitrogens with one attached hydrogen (secondary N) is 1. The first kappa shape index (κ1) is 14.9. The summed E-state index contributed by atoms with van der Waals surface area (Å²) in [5, 5.41) is 19.1. The van der Waals surface area contributed by atoms with Gasteiger partial charge in [0.15, 0.2) is 0 Å². The standard InChI is InChI=1S/C12H20N4O4/c1-8-14-15-11(19-8)13-10(18)5-16-4-9(6-17)20-12(2,3)7-16/h9,17H,4-7H2,1-3H3,(H,13,15,18). The van der Waals surface area contributed by atoms with Gasteiger partial charge in [-0.3, -0.25) is 15.0 Å². The lowest BCUT2D eigenvalue weighted by Crippen LogP contribution is -2.55. The van der Waals surface area contributed by atoms with Gasteiger partial charge in [-0.1, -0.05) is 5.10 Å². The Kier molecular flexibility index (Phi) is 4.36. The van der Waals surface area contributed by atoms with Crippen molar-refractivity contribution in [1.82, 2.24) is 15.1 Å². The fourth-order valence-corrected chi connectivity index (χ4v) is 2.34. The number of amides is 1. The van der Waals surface area contributed by atoms with Gasteiger partial charge in [0.05, 0.1) is 24.9 Å². The molecule has 0 radical (unpaired) electrons. The third kappa shape index (κ3) is 3.99. The van der Waals surface area contributed by atoms with Crippen LogP contribution in [0.2, 0.25) is 0 Å². The molecule has 1 unspecified atom stereocenters. The molecule has 20 heavy (non-hydrogen) atoms. The van der Waals surface area contributed by atoms with E-state index >= 15 is 0 Å². The van der Waals surface area contributed by atoms with E-state index in [-0.39, 0.29) is 31.2 Å². The molecule has 1 aliphatic heterocycles. The van der Waals surface area contributed by atoms with Gasteiger partial charge in [0.2, 0.25) is 11.8 Å². The molecular weight excluding hydrogens is 264 g/mol. The van der Waals surface area contributed by atoms with Crippen molar-refractivity contribution >= 4 is 11.9 Å². The predicted octanol–water partition coefficient (Wildman–Crippen LogP) is -0.212. The van der Waals surface area contributed by atoms with E-state index in [2.05, 4.69) is 15.5 Å². The van der Waals surface area contributed by atoms with Crippen LogP contribution in [0.15, 0.2) is 4.42 Å². The minimum absolute atomic E-state index is 0.0651. The lowest BCUT2D eigenvalue weighted by molar-refractivity contribution is -0.151. The summed E-state index contributed by atoms with van der Waals surface area (Å²) in [6.45, 7) is 6.76. The van der Waals surface area contributed by atoms with Crippen LogP contribution in [0.25, 0.3) is 0 Å². The largest absolute Gasteiger partial charge is 0.408 e. The lowest BCUT2D eigenvalue weighted by atomic mass is 10.1. The number of carbonyl (C=O) groups excluding carboxylic acids is 1. The summed E-state index contributed by atoms with van der Waals surface area (Å²) in [4.78, 5) is 13.8. The number of morpholine rings is 1. The van der Waals surface area contributed by atoms with Gasteiger partial charge in [-0.05, 0) is 13.8 Å². The van der Waals surface area contributed by atoms with Crippen molar-refractivity contribution in [3.8, 4) is 0 Å². The number of carbonyl (C=O) groups is 1. The summed E-state index contributed by atoms with van der Waals surface area (Å²) in [6.07, 6.45) is -0.280. The Morgan fingerprint density at radius 1 is 1.55 bits per heavy atom. The zero-order valence-electron chi connectivity index (χ0n) is 11.9. The Bertz CT molecular complexity index is 474. The predicted molar refractivity (Wildman–Crippen MR) is 70.1 cm³/mol. The van der Waals surface area contributed by atoms with Crippen molar-refractivity contribution in [2.45, 2.75) is 32.5 Å². The van der Waals surface area contributed by atoms with Gasteiger partial charge in [0.25, 0.3) is 0 Å². The molecule has 0 saturated carbocycles. The van der Waals surface area contributed by atoms with Crippen molar-refractivity contribution in [2.75, 3.05) is 31.6 Å². The van der Waals surface area contributed by atoms with Crippen molar-refractivity contribution in [3.63, 3.8) is 0 Å². The Morgan fingerprint density at radius 3 is 2.90 bits per heavy atom. The van der Waals surface area contributed by atoms with E-state index < -0.39 is 5.60 Å². The summed E-state index contributed by atoms with van der Waals surface area (Å²) in [5.74, 6) is 0.163. The maximum Gasteiger partial charge on any atom is 0.322 e. The van der Waals surface area contributed by atoms with Gasteiger partial charge >= 0.3 is 6.01 Å². The SMILES string of the molecule is Cc1nnc(NC(=O)CN2CC(CO)OC(C)(C)C2)o1. The van der Waals surface area contributed by atoms with Crippen LogP contribution in [0.3, 0.4) is 0 Å². The molecule has 1 fully saturated rings. The highest BCUT2D eigenvalue weighted by atomic mass is 16.5. The Balaban J connectivity index is 1.90. The van der Waals surface area contributed by atoms with Crippen LogP contribution in [-0.2, 0) is 9.53 Å². The highest BCUT2D eigenvalue weighted by Gasteiger charge is 2.33. The maximum absolute atomic E-state index is 11.9. The molecule has 8 heteroatoms. The Morgan fingerprint density at radius 2 is 2.30 bits per heavy atom. The molecule has 1 aromatic rings. The molecule has 112 valence electrons. The fraction of sp³-hybridized carbons (Fsp3) is 0.750. The van der Waals surface area contributed by atoms with Crippen LogP contribution in [0.5, 0.6) is 0 Å². The van der Waals surface area contributed by atoms with Crippen molar-refractivity contribution in [2.24, 2.45) is 0 Å². The lowest BCUT2D eigenvalue weighted by Gasteiger charge is -2.41. The van der Waals surface area contributed by atoms with Crippen LogP contribution in [0, 0.1) is 6.92 Å². The van der Waals surface area contributed by atoms with E-state index in [4.69, 9.17) is 9.15 Å². The molecule has 1 amide bonds. The van der Waals surface area contributed by atoms with Crippen LogP contribution in [-0.4, -0.2) is 64.1 Å². The van der Waals surface area contributed by atoms with Gasteiger partial charge < -0.3 is 14.3 Å². The summed E-state index contributed by atoms with van der Waals surface area (Å²) in [6, 6.07) is 0.0960. The molecule has 2 rings (SSSR count). The van der Waals surface area contributed by atoms with Gasteiger partial charge in [-0.2, -0.15) is 0 Å². The highest BCUT2D eigenvalue weighted by molar-refractivity contribution is 5.90. The van der Waals surface area contributed by atoms with Crippen LogP contribution >= 0.6 is 0 Å². The molecule has 8 nitrogen and oxygen atoms in total. The van der Waals surface area contributed by atoms with Crippen molar-refractivity contribution in [1.29, 1.82) is 0 Å². The summed E-state index contributed by atoms with van der Waals surface area (Å²) >= 11 is 0. The van der Waals surface area contributed by atoms with Gasteiger partial charge in [0, 0.05) is 20.0 Å². The first-order chi connectivity index (χ1) is 9.38.